The molecule has 0 N–H and O–H groups in total. The Morgan fingerprint density at radius 1 is 1.09 bits per heavy atom. The minimum absolute atomic E-state index is 0.0997. The van der Waals surface area contributed by atoms with Crippen LogP contribution in [0.4, 0.5) is 10.8 Å². The summed E-state index contributed by atoms with van der Waals surface area (Å²) in [6.07, 6.45) is 3.66. The van der Waals surface area contributed by atoms with Gasteiger partial charge in [0.2, 0.25) is 5.91 Å². The van der Waals surface area contributed by atoms with E-state index in [-0.39, 0.29) is 18.5 Å². The van der Waals surface area contributed by atoms with Crippen LogP contribution >= 0.6 is 11.3 Å². The molecule has 1 amide bonds. The van der Waals surface area contributed by atoms with Crippen molar-refractivity contribution in [1.29, 1.82) is 0 Å². The Balaban J connectivity index is 1.51. The number of amides is 1. The predicted molar refractivity (Wildman–Crippen MR) is 127 cm³/mol. The van der Waals surface area contributed by atoms with Gasteiger partial charge in [-0.2, -0.15) is 0 Å². The van der Waals surface area contributed by atoms with Crippen molar-refractivity contribution < 1.29 is 14.3 Å². The number of hydrogen-bond donors (Lipinski definition) is 0. The van der Waals surface area contributed by atoms with Crippen LogP contribution in [-0.4, -0.2) is 16.9 Å². The van der Waals surface area contributed by atoms with Gasteiger partial charge in [-0.15, -0.1) is 11.3 Å². The fourth-order valence-corrected chi connectivity index (χ4v) is 5.42. The molecule has 0 aliphatic heterocycles. The Bertz CT molecular complexity index is 1120. The molecule has 32 heavy (non-hydrogen) atoms. The Kier molecular flexibility index (Phi) is 6.42. The van der Waals surface area contributed by atoms with Crippen LogP contribution in [0.3, 0.4) is 0 Å². The molecule has 6 heteroatoms. The highest BCUT2D eigenvalue weighted by Crippen LogP contribution is 2.42. The largest absolute Gasteiger partial charge is 0.458 e. The fourth-order valence-electron chi connectivity index (χ4n) is 4.55. The summed E-state index contributed by atoms with van der Waals surface area (Å²) in [5.74, 6) is -0.294. The third-order valence-corrected chi connectivity index (χ3v) is 7.04. The Hall–Kier alpha value is -2.99. The van der Waals surface area contributed by atoms with Gasteiger partial charge in [-0.3, -0.25) is 14.5 Å². The first kappa shape index (κ1) is 22.2. The van der Waals surface area contributed by atoms with E-state index in [9.17, 15) is 9.59 Å². The van der Waals surface area contributed by atoms with Crippen molar-refractivity contribution in [3.8, 4) is 0 Å². The molecule has 1 saturated carbocycles. The van der Waals surface area contributed by atoms with Gasteiger partial charge in [0.1, 0.15) is 6.61 Å². The van der Waals surface area contributed by atoms with Gasteiger partial charge in [-0.1, -0.05) is 60.9 Å². The molecule has 0 saturated heterocycles. The minimum atomic E-state index is -0.565. The number of aromatic nitrogens is 1. The number of nitrogens with zero attached hydrogens (tertiary/aromatic N) is 2. The van der Waals surface area contributed by atoms with E-state index in [0.29, 0.717) is 10.8 Å². The summed E-state index contributed by atoms with van der Waals surface area (Å²) < 4.78 is 5.77. The van der Waals surface area contributed by atoms with Crippen LogP contribution in [0.25, 0.3) is 0 Å². The van der Waals surface area contributed by atoms with Crippen LogP contribution in [0.1, 0.15) is 55.0 Å². The van der Waals surface area contributed by atoms with Gasteiger partial charge in [0, 0.05) is 12.3 Å². The number of anilines is 2. The third kappa shape index (κ3) is 4.32. The number of carbonyl (C=O) groups excluding carboxylic acids is 2. The summed E-state index contributed by atoms with van der Waals surface area (Å²) in [5.41, 5.74) is 4.07. The smallest absolute Gasteiger partial charge is 0.316 e. The second kappa shape index (κ2) is 9.25. The van der Waals surface area contributed by atoms with E-state index in [1.807, 2.05) is 67.8 Å². The highest BCUT2D eigenvalue weighted by Gasteiger charge is 2.44. The van der Waals surface area contributed by atoms with Crippen LogP contribution < -0.4 is 4.90 Å². The fraction of sp³-hybridized carbons (Fsp3) is 0.346. The van der Waals surface area contributed by atoms with E-state index < -0.39 is 5.41 Å². The van der Waals surface area contributed by atoms with Gasteiger partial charge in [0.25, 0.3) is 0 Å². The van der Waals surface area contributed by atoms with Gasteiger partial charge >= 0.3 is 5.97 Å². The van der Waals surface area contributed by atoms with Gasteiger partial charge < -0.3 is 4.74 Å². The Morgan fingerprint density at radius 3 is 2.47 bits per heavy atom. The zero-order valence-corrected chi connectivity index (χ0v) is 19.6. The number of esters is 1. The monoisotopic (exact) mass is 448 g/mol. The molecular weight excluding hydrogens is 420 g/mol. The Labute approximate surface area is 193 Å². The van der Waals surface area contributed by atoms with Crippen LogP contribution in [0.2, 0.25) is 0 Å². The molecule has 0 atom stereocenters. The quantitative estimate of drug-likeness (QED) is 0.434. The molecule has 166 valence electrons. The molecule has 0 spiro atoms. The molecule has 2 aromatic carbocycles. The van der Waals surface area contributed by atoms with Crippen molar-refractivity contribution in [3.05, 3.63) is 76.3 Å². The highest BCUT2D eigenvalue weighted by molar-refractivity contribution is 7.14. The SMILES string of the molecule is CC(=O)N(c1nc(COC(=O)C2(c3ccccc3)CCCC2)cs1)c1ccc(C)cc1C. The van der Waals surface area contributed by atoms with Crippen molar-refractivity contribution in [2.45, 2.75) is 58.5 Å². The van der Waals surface area contributed by atoms with Crippen LogP contribution in [-0.2, 0) is 26.3 Å². The summed E-state index contributed by atoms with van der Waals surface area (Å²) in [5, 5.41) is 2.43. The molecule has 1 aliphatic rings. The molecule has 1 aliphatic carbocycles. The minimum Gasteiger partial charge on any atom is -0.458 e. The number of rotatable bonds is 6. The van der Waals surface area contributed by atoms with Gasteiger partial charge in [0.15, 0.2) is 5.13 Å². The van der Waals surface area contributed by atoms with E-state index >= 15 is 0 Å². The van der Waals surface area contributed by atoms with E-state index in [4.69, 9.17) is 4.74 Å². The molecule has 0 bridgehead atoms. The maximum absolute atomic E-state index is 13.2. The van der Waals surface area contributed by atoms with E-state index in [1.54, 1.807) is 4.90 Å². The standard InChI is InChI=1S/C26H28N2O3S/c1-18-11-12-23(19(2)15-18)28(20(3)29)25-27-22(17-32-25)16-31-24(30)26(13-7-8-14-26)21-9-5-4-6-10-21/h4-6,9-12,15,17H,7-8,13-14,16H2,1-3H3. The summed E-state index contributed by atoms with van der Waals surface area (Å²) >= 11 is 1.38. The van der Waals surface area contributed by atoms with Crippen molar-refractivity contribution >= 4 is 34.0 Å². The molecule has 3 aromatic rings. The normalized spacial score (nSPS) is 14.8. The van der Waals surface area contributed by atoms with Crippen LogP contribution in [0.5, 0.6) is 0 Å². The number of ether oxygens (including phenoxy) is 1. The molecule has 1 heterocycles. The molecule has 5 nitrogen and oxygen atoms in total. The number of aryl methyl sites for hydroxylation is 2. The molecule has 4 rings (SSSR count). The number of benzene rings is 2. The summed E-state index contributed by atoms with van der Waals surface area (Å²) in [6.45, 7) is 5.64. The Morgan fingerprint density at radius 2 is 1.81 bits per heavy atom. The van der Waals surface area contributed by atoms with Gasteiger partial charge in [-0.25, -0.2) is 4.98 Å². The lowest BCUT2D eigenvalue weighted by atomic mass is 9.79. The molecule has 1 fully saturated rings. The number of carbonyl (C=O) groups is 2. The zero-order chi connectivity index (χ0) is 22.7. The summed E-state index contributed by atoms with van der Waals surface area (Å²) in [7, 11) is 0. The zero-order valence-electron chi connectivity index (χ0n) is 18.8. The maximum atomic E-state index is 13.2. The highest BCUT2D eigenvalue weighted by atomic mass is 32.1. The molecule has 0 radical (unpaired) electrons. The van der Waals surface area contributed by atoms with Crippen molar-refractivity contribution in [1.82, 2.24) is 4.98 Å². The van der Waals surface area contributed by atoms with E-state index in [0.717, 1.165) is 48.1 Å². The third-order valence-electron chi connectivity index (χ3n) is 6.16. The van der Waals surface area contributed by atoms with Crippen molar-refractivity contribution in [2.75, 3.05) is 4.90 Å². The first-order valence-electron chi connectivity index (χ1n) is 11.0. The predicted octanol–water partition coefficient (Wildman–Crippen LogP) is 6.00. The molecule has 0 unspecified atom stereocenters. The number of thiazole rings is 1. The molecular formula is C26H28N2O3S. The number of hydrogen-bond acceptors (Lipinski definition) is 5. The first-order chi connectivity index (χ1) is 15.4. The van der Waals surface area contributed by atoms with E-state index in [1.165, 1.54) is 18.3 Å². The van der Waals surface area contributed by atoms with Crippen LogP contribution in [0, 0.1) is 13.8 Å². The lowest BCUT2D eigenvalue weighted by Gasteiger charge is -2.27. The summed E-state index contributed by atoms with van der Waals surface area (Å²) in [4.78, 5) is 31.8. The average molecular weight is 449 g/mol. The average Bonchev–Trinajstić information content (AvgIpc) is 3.45. The maximum Gasteiger partial charge on any atom is 0.316 e. The first-order valence-corrected chi connectivity index (χ1v) is 11.8. The van der Waals surface area contributed by atoms with Crippen molar-refractivity contribution in [3.63, 3.8) is 0 Å². The second-order valence-corrected chi connectivity index (χ2v) is 9.33. The van der Waals surface area contributed by atoms with Gasteiger partial charge in [0.05, 0.1) is 16.8 Å². The topological polar surface area (TPSA) is 59.5 Å². The van der Waals surface area contributed by atoms with Crippen LogP contribution in [0.15, 0.2) is 53.9 Å². The van der Waals surface area contributed by atoms with Crippen molar-refractivity contribution in [2.24, 2.45) is 0 Å². The molecule has 1 aromatic heterocycles. The lowest BCUT2D eigenvalue weighted by molar-refractivity contribution is -0.152. The van der Waals surface area contributed by atoms with Gasteiger partial charge in [-0.05, 0) is 43.9 Å². The van der Waals surface area contributed by atoms with E-state index in [2.05, 4.69) is 4.98 Å². The summed E-state index contributed by atoms with van der Waals surface area (Å²) in [6, 6.07) is 15.9. The lowest BCUT2D eigenvalue weighted by Crippen LogP contribution is -2.34. The second-order valence-electron chi connectivity index (χ2n) is 8.50.